The number of aliphatic carboxylic acids is 1. The minimum absolute atomic E-state index is 0.0347. The number of rotatable bonds is 8. The molecule has 6 N–H and O–H groups in total. The first-order valence-electron chi connectivity index (χ1n) is 10.8. The van der Waals surface area contributed by atoms with Crippen molar-refractivity contribution < 1.29 is 24.6 Å². The number of aromatic hydroxyl groups is 1. The van der Waals surface area contributed by atoms with Gasteiger partial charge in [0.2, 0.25) is 11.8 Å². The fourth-order valence-electron chi connectivity index (χ4n) is 4.19. The van der Waals surface area contributed by atoms with Gasteiger partial charge >= 0.3 is 5.97 Å². The van der Waals surface area contributed by atoms with Gasteiger partial charge in [0.15, 0.2) is 0 Å². The molecule has 2 aromatic carbocycles. The third-order valence-electron chi connectivity index (χ3n) is 5.74. The topological polar surface area (TPSA) is 157 Å². The van der Waals surface area contributed by atoms with Crippen molar-refractivity contribution in [3.63, 3.8) is 0 Å². The van der Waals surface area contributed by atoms with E-state index in [-0.39, 0.29) is 30.0 Å². The summed E-state index contributed by atoms with van der Waals surface area (Å²) in [6.07, 6.45) is 2.95. The van der Waals surface area contributed by atoms with E-state index in [2.05, 4.69) is 5.32 Å². The van der Waals surface area contributed by atoms with Gasteiger partial charge in [-0.2, -0.15) is 0 Å². The molecule has 0 aromatic heterocycles. The molecule has 1 aliphatic rings. The van der Waals surface area contributed by atoms with E-state index in [0.29, 0.717) is 22.5 Å². The number of benzene rings is 2. The second-order valence-corrected chi connectivity index (χ2v) is 8.26. The normalized spacial score (nSPS) is 13.5. The van der Waals surface area contributed by atoms with E-state index in [4.69, 9.17) is 16.2 Å². The molecular weight excluding hydrogens is 424 g/mol. The molecule has 1 aliphatic carbocycles. The second-order valence-electron chi connectivity index (χ2n) is 8.26. The summed E-state index contributed by atoms with van der Waals surface area (Å²) in [7, 11) is 0. The Hall–Kier alpha value is -3.88. The molecular formula is C24H28N4O5. The lowest BCUT2D eigenvalue weighted by Crippen LogP contribution is -2.40. The van der Waals surface area contributed by atoms with Crippen molar-refractivity contribution in [1.29, 1.82) is 5.41 Å². The summed E-state index contributed by atoms with van der Waals surface area (Å²) in [6, 6.07) is 9.48. The number of nitrogens with zero attached hydrogens (tertiary/aromatic N) is 1. The van der Waals surface area contributed by atoms with E-state index < -0.39 is 18.3 Å². The molecule has 0 bridgehead atoms. The van der Waals surface area contributed by atoms with E-state index in [1.165, 1.54) is 18.2 Å². The number of hydrogen-bond donors (Lipinski definition) is 5. The van der Waals surface area contributed by atoms with Crippen molar-refractivity contribution in [2.75, 3.05) is 10.2 Å². The van der Waals surface area contributed by atoms with Crippen LogP contribution in [0.5, 0.6) is 5.75 Å². The van der Waals surface area contributed by atoms with E-state index >= 15 is 0 Å². The lowest BCUT2D eigenvalue weighted by molar-refractivity contribution is -0.140. The molecule has 9 nitrogen and oxygen atoms in total. The van der Waals surface area contributed by atoms with Crippen LogP contribution in [0.3, 0.4) is 0 Å². The van der Waals surface area contributed by atoms with Crippen molar-refractivity contribution in [3.8, 4) is 5.75 Å². The number of carboxylic acids is 1. The van der Waals surface area contributed by atoms with Crippen LogP contribution in [0.2, 0.25) is 0 Å². The molecule has 2 amide bonds. The predicted octanol–water partition coefficient (Wildman–Crippen LogP) is 2.92. The highest BCUT2D eigenvalue weighted by Gasteiger charge is 2.30. The molecule has 9 heteroatoms. The Morgan fingerprint density at radius 1 is 1.15 bits per heavy atom. The van der Waals surface area contributed by atoms with Gasteiger partial charge in [0.25, 0.3) is 0 Å². The summed E-state index contributed by atoms with van der Waals surface area (Å²) in [5.41, 5.74) is 8.12. The van der Waals surface area contributed by atoms with Gasteiger partial charge in [-0.25, -0.2) is 0 Å². The number of nitrogens with one attached hydrogen (secondary N) is 2. The van der Waals surface area contributed by atoms with Gasteiger partial charge in [-0.1, -0.05) is 12.8 Å². The number of aryl methyl sites for hydroxylation is 1. The average Bonchev–Trinajstić information content (AvgIpc) is 3.25. The number of carboxylic acid groups (broad SMARTS) is 1. The van der Waals surface area contributed by atoms with Crippen LogP contribution in [0.1, 0.15) is 48.8 Å². The third kappa shape index (κ3) is 5.88. The fourth-order valence-corrected chi connectivity index (χ4v) is 4.19. The number of hydrogen-bond acceptors (Lipinski definition) is 5. The number of nitrogens with two attached hydrogens (primary N) is 1. The van der Waals surface area contributed by atoms with Gasteiger partial charge in [0.05, 0.1) is 6.42 Å². The maximum absolute atomic E-state index is 12.7. The van der Waals surface area contributed by atoms with Crippen molar-refractivity contribution in [2.24, 2.45) is 5.73 Å². The third-order valence-corrected chi connectivity index (χ3v) is 5.74. The van der Waals surface area contributed by atoms with E-state index in [1.807, 2.05) is 6.92 Å². The molecule has 0 atom stereocenters. The Labute approximate surface area is 191 Å². The lowest BCUT2D eigenvalue weighted by Gasteiger charge is -2.30. The first-order chi connectivity index (χ1) is 15.7. The Balaban J connectivity index is 1.77. The van der Waals surface area contributed by atoms with Crippen LogP contribution >= 0.6 is 0 Å². The van der Waals surface area contributed by atoms with Crippen LogP contribution in [-0.2, 0) is 20.8 Å². The number of amides is 2. The SMILES string of the molecule is Cc1cc(NC(=O)Cc2cc(C(=N)N)ccc2O)ccc1N(C(=O)CC(=O)O)C1CCCC1. The summed E-state index contributed by atoms with van der Waals surface area (Å²) in [5.74, 6) is -2.21. The molecule has 33 heavy (non-hydrogen) atoms. The van der Waals surface area contributed by atoms with Crippen LogP contribution in [0.25, 0.3) is 0 Å². The predicted molar refractivity (Wildman–Crippen MR) is 125 cm³/mol. The smallest absolute Gasteiger partial charge is 0.312 e. The van der Waals surface area contributed by atoms with Gasteiger partial charge in [0.1, 0.15) is 18.0 Å². The molecule has 174 valence electrons. The number of phenols is 1. The summed E-state index contributed by atoms with van der Waals surface area (Å²) in [6.45, 7) is 1.81. The maximum atomic E-state index is 12.7. The van der Waals surface area contributed by atoms with Crippen molar-refractivity contribution in [1.82, 2.24) is 0 Å². The number of phenolic OH excluding ortho intramolecular Hbond substituents is 1. The lowest BCUT2D eigenvalue weighted by atomic mass is 10.1. The first-order valence-corrected chi connectivity index (χ1v) is 10.8. The zero-order chi connectivity index (χ0) is 24.1. The standard InChI is InChI=1S/C24H28N4O5/c1-14-10-17(27-21(30)12-16-11-15(24(25)26)6-9-20(16)29)7-8-19(14)28(18-4-2-3-5-18)22(31)13-23(32)33/h6-11,18,29H,2-5,12-13H2,1H3,(H3,25,26)(H,27,30)(H,32,33). The second kappa shape index (κ2) is 10.2. The molecule has 0 saturated heterocycles. The van der Waals surface area contributed by atoms with E-state index in [1.54, 1.807) is 23.1 Å². The van der Waals surface area contributed by atoms with Crippen LogP contribution in [0.4, 0.5) is 11.4 Å². The minimum atomic E-state index is -1.17. The van der Waals surface area contributed by atoms with Gasteiger partial charge in [-0.3, -0.25) is 19.8 Å². The number of carbonyl (C=O) groups excluding carboxylic acids is 2. The van der Waals surface area contributed by atoms with E-state index in [0.717, 1.165) is 31.2 Å². The summed E-state index contributed by atoms with van der Waals surface area (Å²) < 4.78 is 0. The molecule has 0 unspecified atom stereocenters. The Morgan fingerprint density at radius 2 is 1.85 bits per heavy atom. The molecule has 0 aliphatic heterocycles. The number of anilines is 2. The number of carbonyl (C=O) groups is 3. The maximum Gasteiger partial charge on any atom is 0.312 e. The molecule has 1 fully saturated rings. The monoisotopic (exact) mass is 452 g/mol. The summed E-state index contributed by atoms with van der Waals surface area (Å²) in [4.78, 5) is 38.0. The largest absolute Gasteiger partial charge is 0.508 e. The summed E-state index contributed by atoms with van der Waals surface area (Å²) >= 11 is 0. The van der Waals surface area contributed by atoms with Crippen LogP contribution in [0, 0.1) is 12.3 Å². The first kappa shape index (κ1) is 23.8. The van der Waals surface area contributed by atoms with Crippen LogP contribution in [0.15, 0.2) is 36.4 Å². The Bertz CT molecular complexity index is 1090. The average molecular weight is 453 g/mol. The number of amidine groups is 1. The minimum Gasteiger partial charge on any atom is -0.508 e. The zero-order valence-corrected chi connectivity index (χ0v) is 18.4. The number of nitrogen functional groups attached to an aromatic ring is 1. The molecule has 0 heterocycles. The van der Waals surface area contributed by atoms with Crippen LogP contribution < -0.4 is 16.0 Å². The highest BCUT2D eigenvalue weighted by Crippen LogP contribution is 2.32. The van der Waals surface area contributed by atoms with Crippen molar-refractivity contribution in [2.45, 2.75) is 51.5 Å². The quantitative estimate of drug-likeness (QED) is 0.235. The van der Waals surface area contributed by atoms with Crippen molar-refractivity contribution >= 4 is 35.0 Å². The fraction of sp³-hybridized carbons (Fsp3) is 0.333. The van der Waals surface area contributed by atoms with Crippen LogP contribution in [-0.4, -0.2) is 39.9 Å². The van der Waals surface area contributed by atoms with E-state index in [9.17, 15) is 19.5 Å². The van der Waals surface area contributed by atoms with Gasteiger partial charge in [-0.05, 0) is 61.7 Å². The molecule has 0 radical (unpaired) electrons. The molecule has 3 rings (SSSR count). The summed E-state index contributed by atoms with van der Waals surface area (Å²) in [5, 5.41) is 29.4. The van der Waals surface area contributed by atoms with Gasteiger partial charge in [0, 0.05) is 28.5 Å². The highest BCUT2D eigenvalue weighted by molar-refractivity contribution is 6.04. The molecule has 1 saturated carbocycles. The zero-order valence-electron chi connectivity index (χ0n) is 18.4. The van der Waals surface area contributed by atoms with Gasteiger partial charge < -0.3 is 26.2 Å². The molecule has 0 spiro atoms. The molecule has 2 aromatic rings. The highest BCUT2D eigenvalue weighted by atomic mass is 16.4. The Kier molecular flexibility index (Phi) is 7.32. The van der Waals surface area contributed by atoms with Crippen molar-refractivity contribution in [3.05, 3.63) is 53.1 Å². The van der Waals surface area contributed by atoms with Gasteiger partial charge in [-0.15, -0.1) is 0 Å². The Morgan fingerprint density at radius 3 is 2.45 bits per heavy atom.